The van der Waals surface area contributed by atoms with E-state index in [0.717, 1.165) is 70.6 Å². The monoisotopic (exact) mass is 1100 g/mol. The summed E-state index contributed by atoms with van der Waals surface area (Å²) in [5.74, 6) is -0.844. The molecule has 0 aliphatic carbocycles. The molecule has 0 N–H and O–H groups in total. The van der Waals surface area contributed by atoms with Gasteiger partial charge in [-0.25, -0.2) is 0 Å². The van der Waals surface area contributed by atoms with Crippen molar-refractivity contribution in [2.45, 2.75) is 406 Å². The first kappa shape index (κ1) is 75.9. The maximum Gasteiger partial charge on any atom is 0.306 e. The van der Waals surface area contributed by atoms with Gasteiger partial charge in [0.25, 0.3) is 0 Å². The summed E-state index contributed by atoms with van der Waals surface area (Å²) in [6.45, 7) is 6.70. The van der Waals surface area contributed by atoms with Crippen LogP contribution in [0.1, 0.15) is 400 Å². The van der Waals surface area contributed by atoms with Gasteiger partial charge in [-0.2, -0.15) is 0 Å². The highest BCUT2D eigenvalue weighted by atomic mass is 16.6. The number of allylic oxidation sites excluding steroid dienone is 4. The summed E-state index contributed by atoms with van der Waals surface area (Å²) in [6.07, 6.45) is 82.1. The second-order valence-corrected chi connectivity index (χ2v) is 24.2. The van der Waals surface area contributed by atoms with E-state index in [1.54, 1.807) is 0 Å². The highest BCUT2D eigenvalue weighted by Gasteiger charge is 2.19. The van der Waals surface area contributed by atoms with Crippen LogP contribution in [0.3, 0.4) is 0 Å². The van der Waals surface area contributed by atoms with Crippen molar-refractivity contribution < 1.29 is 28.6 Å². The van der Waals surface area contributed by atoms with Crippen molar-refractivity contribution in [3.05, 3.63) is 24.3 Å². The normalized spacial score (nSPS) is 12.1. The van der Waals surface area contributed by atoms with Gasteiger partial charge in [0.05, 0.1) is 0 Å². The van der Waals surface area contributed by atoms with Crippen LogP contribution >= 0.6 is 0 Å². The summed E-state index contributed by atoms with van der Waals surface area (Å²) in [5.41, 5.74) is 0. The van der Waals surface area contributed by atoms with E-state index in [0.29, 0.717) is 19.3 Å². The average Bonchev–Trinajstić information content (AvgIpc) is 3.44. The summed E-state index contributed by atoms with van der Waals surface area (Å²) in [7, 11) is 0. The molecule has 6 nitrogen and oxygen atoms in total. The minimum atomic E-state index is -0.772. The molecule has 78 heavy (non-hydrogen) atoms. The largest absolute Gasteiger partial charge is 0.462 e. The Balaban J connectivity index is 4.19. The van der Waals surface area contributed by atoms with Crippen molar-refractivity contribution in [1.82, 2.24) is 0 Å². The van der Waals surface area contributed by atoms with Crippen molar-refractivity contribution in [2.75, 3.05) is 13.2 Å². The van der Waals surface area contributed by atoms with E-state index >= 15 is 0 Å². The SMILES string of the molecule is CCCCCC/C=C\C/C=C\CCCCCCCCCC(=O)OC(COC(=O)CCCCCCCCCCCCCCCC)COC(=O)CCCCCCCCCCCCCCCCCCCCCCCCCCCCCC. The third kappa shape index (κ3) is 64.7. The Bertz CT molecular complexity index is 1260. The molecule has 1 atom stereocenters. The zero-order valence-electron chi connectivity index (χ0n) is 53.0. The first-order chi connectivity index (χ1) is 38.5. The molecular weight excluding hydrogens is 961 g/mol. The lowest BCUT2D eigenvalue weighted by Crippen LogP contribution is -2.30. The van der Waals surface area contributed by atoms with Gasteiger partial charge in [-0.3, -0.25) is 14.4 Å². The molecule has 0 aromatic heterocycles. The van der Waals surface area contributed by atoms with E-state index < -0.39 is 6.10 Å². The first-order valence-electron chi connectivity index (χ1n) is 35.3. The second-order valence-electron chi connectivity index (χ2n) is 24.2. The molecule has 0 radical (unpaired) electrons. The lowest BCUT2D eigenvalue weighted by atomic mass is 10.0. The zero-order valence-corrected chi connectivity index (χ0v) is 53.0. The minimum absolute atomic E-state index is 0.0682. The minimum Gasteiger partial charge on any atom is -0.462 e. The van der Waals surface area contributed by atoms with Crippen LogP contribution in [0, 0.1) is 0 Å². The van der Waals surface area contributed by atoms with Crippen LogP contribution in [-0.2, 0) is 28.6 Å². The molecule has 0 aromatic rings. The Kier molecular flexibility index (Phi) is 65.6. The van der Waals surface area contributed by atoms with Gasteiger partial charge in [0.2, 0.25) is 0 Å². The van der Waals surface area contributed by atoms with Gasteiger partial charge in [0.1, 0.15) is 13.2 Å². The Morgan fingerprint density at radius 1 is 0.256 bits per heavy atom. The zero-order chi connectivity index (χ0) is 56.4. The van der Waals surface area contributed by atoms with Crippen LogP contribution in [0.4, 0.5) is 0 Å². The molecule has 0 saturated carbocycles. The van der Waals surface area contributed by atoms with Gasteiger partial charge >= 0.3 is 17.9 Å². The van der Waals surface area contributed by atoms with Crippen molar-refractivity contribution in [3.8, 4) is 0 Å². The van der Waals surface area contributed by atoms with Gasteiger partial charge in [0.15, 0.2) is 6.10 Å². The molecule has 6 heteroatoms. The number of esters is 3. The fourth-order valence-corrected chi connectivity index (χ4v) is 10.9. The van der Waals surface area contributed by atoms with E-state index in [1.807, 2.05) is 0 Å². The quantitative estimate of drug-likeness (QED) is 0.0261. The predicted molar refractivity (Wildman–Crippen MR) is 340 cm³/mol. The molecule has 0 fully saturated rings. The lowest BCUT2D eigenvalue weighted by Gasteiger charge is -2.18. The van der Waals surface area contributed by atoms with Crippen molar-refractivity contribution in [2.24, 2.45) is 0 Å². The van der Waals surface area contributed by atoms with E-state index in [9.17, 15) is 14.4 Å². The van der Waals surface area contributed by atoms with Crippen LogP contribution in [0.2, 0.25) is 0 Å². The summed E-state index contributed by atoms with van der Waals surface area (Å²) < 4.78 is 17.0. The van der Waals surface area contributed by atoms with Crippen molar-refractivity contribution >= 4 is 17.9 Å². The average molecular weight is 1100 g/mol. The second kappa shape index (κ2) is 67.4. The molecule has 460 valence electrons. The Hall–Kier alpha value is -2.11. The molecule has 0 spiro atoms. The van der Waals surface area contributed by atoms with E-state index in [2.05, 4.69) is 45.1 Å². The molecular formula is C72H136O6. The molecule has 0 aromatic carbocycles. The first-order valence-corrected chi connectivity index (χ1v) is 35.3. The molecule has 0 bridgehead atoms. The lowest BCUT2D eigenvalue weighted by molar-refractivity contribution is -0.167. The molecule has 0 amide bonds. The fourth-order valence-electron chi connectivity index (χ4n) is 10.9. The van der Waals surface area contributed by atoms with Gasteiger partial charge in [-0.1, -0.05) is 353 Å². The van der Waals surface area contributed by atoms with E-state index in [1.165, 1.54) is 289 Å². The Labute approximate surface area is 487 Å². The van der Waals surface area contributed by atoms with Gasteiger partial charge in [-0.15, -0.1) is 0 Å². The van der Waals surface area contributed by atoms with Crippen molar-refractivity contribution in [3.63, 3.8) is 0 Å². The molecule has 0 rings (SSSR count). The summed E-state index contributed by atoms with van der Waals surface area (Å²) in [6, 6.07) is 0. The number of carbonyl (C=O) groups excluding carboxylic acids is 3. The Morgan fingerprint density at radius 2 is 0.462 bits per heavy atom. The number of ether oxygens (including phenoxy) is 3. The molecule has 0 aliphatic rings. The van der Waals surface area contributed by atoms with Crippen LogP contribution in [0.5, 0.6) is 0 Å². The van der Waals surface area contributed by atoms with Crippen LogP contribution < -0.4 is 0 Å². The van der Waals surface area contributed by atoms with Gasteiger partial charge in [-0.05, 0) is 51.4 Å². The summed E-state index contributed by atoms with van der Waals surface area (Å²) in [5, 5.41) is 0. The molecule has 0 aliphatic heterocycles. The van der Waals surface area contributed by atoms with E-state index in [-0.39, 0.29) is 31.1 Å². The number of rotatable bonds is 66. The van der Waals surface area contributed by atoms with E-state index in [4.69, 9.17) is 14.2 Å². The Morgan fingerprint density at radius 3 is 0.718 bits per heavy atom. The summed E-state index contributed by atoms with van der Waals surface area (Å²) in [4.78, 5) is 38.4. The maximum absolute atomic E-state index is 12.9. The highest BCUT2D eigenvalue weighted by Crippen LogP contribution is 2.19. The fraction of sp³-hybridized carbons (Fsp3) is 0.903. The molecule has 1 unspecified atom stereocenters. The van der Waals surface area contributed by atoms with Gasteiger partial charge in [0, 0.05) is 19.3 Å². The number of carbonyl (C=O) groups is 3. The van der Waals surface area contributed by atoms with Crippen LogP contribution in [-0.4, -0.2) is 37.2 Å². The van der Waals surface area contributed by atoms with Crippen molar-refractivity contribution in [1.29, 1.82) is 0 Å². The smallest absolute Gasteiger partial charge is 0.306 e. The van der Waals surface area contributed by atoms with Crippen LogP contribution in [0.25, 0.3) is 0 Å². The third-order valence-electron chi connectivity index (χ3n) is 16.2. The number of hydrogen-bond donors (Lipinski definition) is 0. The topological polar surface area (TPSA) is 78.9 Å². The number of unbranched alkanes of at least 4 members (excludes halogenated alkanes) is 51. The number of hydrogen-bond acceptors (Lipinski definition) is 6. The molecule has 0 saturated heterocycles. The standard InChI is InChI=1S/C72H136O6/c1-4-7-10-13-16-19-22-25-28-30-32-33-34-35-36-37-38-39-40-41-43-44-47-50-53-56-59-62-65-71(74)77-68-69(67-76-70(73)64-61-58-55-52-49-46-27-24-21-18-15-12-9-6-3)78-72(75)66-63-60-57-54-51-48-45-42-31-29-26-23-20-17-14-11-8-5-2/h20,23,29,31,69H,4-19,21-22,24-28,30,32-68H2,1-3H3/b23-20-,31-29-. The maximum atomic E-state index is 12.9. The van der Waals surface area contributed by atoms with Crippen LogP contribution in [0.15, 0.2) is 24.3 Å². The predicted octanol–water partition coefficient (Wildman–Crippen LogP) is 24.2. The summed E-state index contributed by atoms with van der Waals surface area (Å²) >= 11 is 0. The molecule has 0 heterocycles. The third-order valence-corrected chi connectivity index (χ3v) is 16.2. The highest BCUT2D eigenvalue weighted by molar-refractivity contribution is 5.71. The van der Waals surface area contributed by atoms with Gasteiger partial charge < -0.3 is 14.2 Å².